The molecule has 68 valence electrons. The van der Waals surface area contributed by atoms with Crippen LogP contribution in [0.4, 0.5) is 0 Å². The summed E-state index contributed by atoms with van der Waals surface area (Å²) in [6.07, 6.45) is 0. The highest BCUT2D eigenvalue weighted by atomic mass is 35.5. The molecule has 0 aliphatic rings. The van der Waals surface area contributed by atoms with Gasteiger partial charge in [0.15, 0.2) is 0 Å². The number of pyridine rings is 1. The van der Waals surface area contributed by atoms with Gasteiger partial charge in [-0.3, -0.25) is 9.59 Å². The molecule has 0 saturated carbocycles. The lowest BCUT2D eigenvalue weighted by atomic mass is 10.3. The molecule has 13 heavy (non-hydrogen) atoms. The topological polar surface area (TPSA) is 59.1 Å². The summed E-state index contributed by atoms with van der Waals surface area (Å²) in [5, 5.41) is 1.72. The van der Waals surface area contributed by atoms with Crippen LogP contribution in [0.25, 0.3) is 0 Å². The van der Waals surface area contributed by atoms with E-state index in [1.807, 2.05) is 0 Å². The molecule has 1 N–H and O–H groups in total. The van der Waals surface area contributed by atoms with Crippen LogP contribution in [0.2, 0.25) is 0 Å². The predicted octanol–water partition coefficient (Wildman–Crippen LogP) is 0.820. The van der Waals surface area contributed by atoms with Gasteiger partial charge in [-0.1, -0.05) is 6.07 Å². The van der Waals surface area contributed by atoms with Gasteiger partial charge >= 0.3 is 0 Å². The molecule has 0 spiro atoms. The van der Waals surface area contributed by atoms with E-state index in [0.717, 1.165) is 0 Å². The molecule has 1 rings (SSSR count). The maximum atomic E-state index is 11.1. The van der Waals surface area contributed by atoms with Crippen LogP contribution in [0.3, 0.4) is 0 Å². The van der Waals surface area contributed by atoms with Gasteiger partial charge in [-0.05, 0) is 23.7 Å². The van der Waals surface area contributed by atoms with Gasteiger partial charge in [-0.2, -0.15) is 0 Å². The van der Waals surface area contributed by atoms with Crippen molar-refractivity contribution in [3.63, 3.8) is 0 Å². The van der Waals surface area contributed by atoms with Crippen molar-refractivity contribution >= 4 is 22.8 Å². The Bertz CT molecular complexity index is 352. The van der Waals surface area contributed by atoms with E-state index in [4.69, 9.17) is 11.6 Å². The van der Waals surface area contributed by atoms with Crippen LogP contribution in [-0.2, 0) is 0 Å². The normalized spacial score (nSPS) is 9.38. The molecule has 0 unspecified atom stereocenters. The number of rotatable bonds is 2. The van der Waals surface area contributed by atoms with Gasteiger partial charge in [0.2, 0.25) is 0 Å². The molecule has 1 aromatic rings. The summed E-state index contributed by atoms with van der Waals surface area (Å²) in [5.74, 6) is -0.347. The number of nitrogens with zero attached hydrogens (tertiary/aromatic N) is 1. The minimum Gasteiger partial charge on any atom is -0.354 e. The zero-order valence-corrected chi connectivity index (χ0v) is 7.63. The standard InChI is InChI=1S/C8H7ClN2O2/c1-10-8(13)6-4-2-3-5(11-6)7(9)12/h2-4H,1H3,(H,10,13). The zero-order valence-electron chi connectivity index (χ0n) is 6.87. The fraction of sp³-hybridized carbons (Fsp3) is 0.125. The maximum Gasteiger partial charge on any atom is 0.270 e. The molecule has 0 aliphatic heterocycles. The third-order valence-electron chi connectivity index (χ3n) is 1.41. The number of aromatic nitrogens is 1. The Hall–Kier alpha value is -1.42. The number of carbonyl (C=O) groups is 2. The Balaban J connectivity index is 3.05. The summed E-state index contributed by atoms with van der Waals surface area (Å²) in [6.45, 7) is 0. The van der Waals surface area contributed by atoms with E-state index in [1.165, 1.54) is 19.2 Å². The number of hydrogen-bond acceptors (Lipinski definition) is 3. The van der Waals surface area contributed by atoms with Crippen LogP contribution in [0.1, 0.15) is 21.0 Å². The number of carbonyl (C=O) groups excluding carboxylic acids is 2. The zero-order chi connectivity index (χ0) is 9.84. The minimum absolute atomic E-state index is 0.0720. The van der Waals surface area contributed by atoms with E-state index in [2.05, 4.69) is 10.3 Å². The predicted molar refractivity (Wildman–Crippen MR) is 47.8 cm³/mol. The molecule has 1 aromatic heterocycles. The molecule has 1 heterocycles. The summed E-state index contributed by atoms with van der Waals surface area (Å²) >= 11 is 5.19. The summed E-state index contributed by atoms with van der Waals surface area (Å²) in [6, 6.07) is 4.50. The second-order valence-corrected chi connectivity index (χ2v) is 2.60. The quantitative estimate of drug-likeness (QED) is 0.716. The van der Waals surface area contributed by atoms with Crippen molar-refractivity contribution < 1.29 is 9.59 Å². The number of halogens is 1. The summed E-state index contributed by atoms with van der Waals surface area (Å²) in [7, 11) is 1.49. The fourth-order valence-corrected chi connectivity index (χ4v) is 0.904. The van der Waals surface area contributed by atoms with Crippen LogP contribution in [0.5, 0.6) is 0 Å². The van der Waals surface area contributed by atoms with Crippen LogP contribution < -0.4 is 5.32 Å². The van der Waals surface area contributed by atoms with E-state index >= 15 is 0 Å². The molecule has 4 nitrogen and oxygen atoms in total. The molecule has 0 saturated heterocycles. The molecule has 0 aliphatic carbocycles. The number of amides is 1. The molecule has 0 fully saturated rings. The largest absolute Gasteiger partial charge is 0.354 e. The smallest absolute Gasteiger partial charge is 0.270 e. The molecule has 5 heteroatoms. The minimum atomic E-state index is -0.675. The highest BCUT2D eigenvalue weighted by Gasteiger charge is 2.08. The SMILES string of the molecule is CNC(=O)c1cccc(C(=O)Cl)n1. The van der Waals surface area contributed by atoms with E-state index in [-0.39, 0.29) is 17.3 Å². The first-order valence-corrected chi connectivity index (χ1v) is 3.92. The first-order valence-electron chi connectivity index (χ1n) is 3.54. The number of nitrogens with one attached hydrogen (secondary N) is 1. The average Bonchev–Trinajstić information content (AvgIpc) is 2.17. The number of hydrogen-bond donors (Lipinski definition) is 1. The Kier molecular flexibility index (Phi) is 2.97. The Labute approximate surface area is 79.9 Å². The maximum absolute atomic E-state index is 11.1. The highest BCUT2D eigenvalue weighted by molar-refractivity contribution is 6.67. The van der Waals surface area contributed by atoms with Crippen LogP contribution in [-0.4, -0.2) is 23.2 Å². The molecular formula is C8H7ClN2O2. The molecule has 0 radical (unpaired) electrons. The highest BCUT2D eigenvalue weighted by Crippen LogP contribution is 2.02. The van der Waals surface area contributed by atoms with Crippen molar-refractivity contribution in [3.05, 3.63) is 29.6 Å². The average molecular weight is 199 g/mol. The Morgan fingerprint density at radius 1 is 1.38 bits per heavy atom. The van der Waals surface area contributed by atoms with Crippen LogP contribution in [0.15, 0.2) is 18.2 Å². The lowest BCUT2D eigenvalue weighted by Gasteiger charge is -1.98. The van der Waals surface area contributed by atoms with Crippen LogP contribution in [0, 0.1) is 0 Å². The molecular weight excluding hydrogens is 192 g/mol. The summed E-state index contributed by atoms with van der Waals surface area (Å²) in [5.41, 5.74) is 0.247. The Morgan fingerprint density at radius 2 is 2.00 bits per heavy atom. The fourth-order valence-electron chi connectivity index (χ4n) is 0.799. The first-order chi connectivity index (χ1) is 6.15. The van der Waals surface area contributed by atoms with Gasteiger partial charge in [0.25, 0.3) is 11.1 Å². The molecule has 0 bridgehead atoms. The van der Waals surface area contributed by atoms with Gasteiger partial charge < -0.3 is 5.32 Å². The molecule has 0 atom stereocenters. The molecule has 0 aromatic carbocycles. The van der Waals surface area contributed by atoms with Gasteiger partial charge in [0.05, 0.1) is 0 Å². The lowest BCUT2D eigenvalue weighted by molar-refractivity contribution is 0.0958. The van der Waals surface area contributed by atoms with E-state index in [1.54, 1.807) is 6.07 Å². The summed E-state index contributed by atoms with van der Waals surface area (Å²) < 4.78 is 0. The Morgan fingerprint density at radius 3 is 2.54 bits per heavy atom. The van der Waals surface area contributed by atoms with Crippen molar-refractivity contribution in [3.8, 4) is 0 Å². The van der Waals surface area contributed by atoms with Crippen molar-refractivity contribution in [2.24, 2.45) is 0 Å². The van der Waals surface area contributed by atoms with Gasteiger partial charge in [0.1, 0.15) is 11.4 Å². The molecule has 1 amide bonds. The third-order valence-corrected chi connectivity index (χ3v) is 1.60. The van der Waals surface area contributed by atoms with Gasteiger partial charge in [0, 0.05) is 7.05 Å². The summed E-state index contributed by atoms with van der Waals surface area (Å²) in [4.78, 5) is 25.5. The second kappa shape index (κ2) is 4.00. The van der Waals surface area contributed by atoms with Gasteiger partial charge in [-0.25, -0.2) is 4.98 Å². The van der Waals surface area contributed by atoms with Crippen molar-refractivity contribution in [2.45, 2.75) is 0 Å². The third kappa shape index (κ3) is 2.26. The van der Waals surface area contributed by atoms with Crippen molar-refractivity contribution in [2.75, 3.05) is 7.05 Å². The first kappa shape index (κ1) is 9.67. The second-order valence-electron chi connectivity index (χ2n) is 2.26. The van der Waals surface area contributed by atoms with Crippen molar-refractivity contribution in [1.82, 2.24) is 10.3 Å². The van der Waals surface area contributed by atoms with E-state index in [0.29, 0.717) is 0 Å². The lowest BCUT2D eigenvalue weighted by Crippen LogP contribution is -2.19. The van der Waals surface area contributed by atoms with Crippen LogP contribution >= 0.6 is 11.6 Å². The van der Waals surface area contributed by atoms with E-state index < -0.39 is 5.24 Å². The van der Waals surface area contributed by atoms with Gasteiger partial charge in [-0.15, -0.1) is 0 Å². The monoisotopic (exact) mass is 198 g/mol. The van der Waals surface area contributed by atoms with E-state index in [9.17, 15) is 9.59 Å². The van der Waals surface area contributed by atoms with Crippen molar-refractivity contribution in [1.29, 1.82) is 0 Å².